The third-order valence-corrected chi connectivity index (χ3v) is 12.8. The minimum Gasteiger partial charge on any atom is -0.311 e. The average Bonchev–Trinajstić information content (AvgIpc) is 3.85. The Bertz CT molecular complexity index is 2760. The Morgan fingerprint density at radius 2 is 0.557 bits per heavy atom. The molecule has 0 N–H and O–H groups in total. The maximum absolute atomic E-state index is 2.38. The van der Waals surface area contributed by atoms with E-state index in [1.165, 1.54) is 49.4 Å². The Hall–Kier alpha value is -7.33. The van der Waals surface area contributed by atoms with Crippen LogP contribution in [0.25, 0.3) is 38.3 Å². The molecule has 9 aromatic carbocycles. The van der Waals surface area contributed by atoms with Crippen LogP contribution in [0.1, 0.15) is 22.8 Å². The van der Waals surface area contributed by atoms with Crippen molar-refractivity contribution in [3.8, 4) is 33.4 Å². The van der Waals surface area contributed by atoms with E-state index in [0.717, 1.165) is 40.5 Å². The second-order valence-electron chi connectivity index (χ2n) is 15.3. The van der Waals surface area contributed by atoms with Crippen LogP contribution in [-0.4, -0.2) is 0 Å². The first-order chi connectivity index (χ1) is 30.2. The first kappa shape index (κ1) is 37.9. The van der Waals surface area contributed by atoms with Gasteiger partial charge in [0, 0.05) is 44.3 Å². The first-order valence-corrected chi connectivity index (χ1v) is 21.8. The Morgan fingerprint density at radius 1 is 0.279 bits per heavy atom. The van der Waals surface area contributed by atoms with Gasteiger partial charge < -0.3 is 9.80 Å². The summed E-state index contributed by atoms with van der Waals surface area (Å²) in [6.45, 7) is 0. The molecule has 0 amide bonds. The number of hydrogen-bond donors (Lipinski definition) is 0. The maximum Gasteiger partial charge on any atom is 0.0462 e. The van der Waals surface area contributed by atoms with Gasteiger partial charge in [0.25, 0.3) is 0 Å². The number of anilines is 6. The minimum absolute atomic E-state index is 0.424. The molecule has 1 unspecified atom stereocenters. The van der Waals surface area contributed by atoms with Gasteiger partial charge in [-0.05, 0) is 124 Å². The molecule has 1 heterocycles. The fraction of sp³-hybridized carbons (Fsp3) is 0.0345. The van der Waals surface area contributed by atoms with Crippen LogP contribution in [0.4, 0.5) is 34.1 Å². The van der Waals surface area contributed by atoms with Crippen LogP contribution in [0.15, 0.2) is 249 Å². The smallest absolute Gasteiger partial charge is 0.0462 e. The minimum atomic E-state index is 0.424. The molecule has 0 radical (unpaired) electrons. The van der Waals surface area contributed by atoms with Gasteiger partial charge in [0.2, 0.25) is 0 Å². The summed E-state index contributed by atoms with van der Waals surface area (Å²) in [7, 11) is 0. The molecule has 292 valence electrons. The molecule has 0 aromatic heterocycles. The van der Waals surface area contributed by atoms with Gasteiger partial charge in [0.15, 0.2) is 0 Å². The highest BCUT2D eigenvalue weighted by Crippen LogP contribution is 2.49. The van der Waals surface area contributed by atoms with Crippen molar-refractivity contribution in [3.05, 3.63) is 260 Å². The lowest BCUT2D eigenvalue weighted by Crippen LogP contribution is -2.10. The van der Waals surface area contributed by atoms with Crippen LogP contribution in [0.2, 0.25) is 0 Å². The third-order valence-electron chi connectivity index (χ3n) is 11.4. The monoisotopic (exact) mass is 800 g/mol. The number of rotatable bonds is 11. The molecule has 0 bridgehead atoms. The van der Waals surface area contributed by atoms with E-state index in [4.69, 9.17) is 0 Å². The van der Waals surface area contributed by atoms with E-state index in [1.54, 1.807) is 0 Å². The van der Waals surface area contributed by atoms with Gasteiger partial charge in [-0.2, -0.15) is 0 Å². The molecule has 61 heavy (non-hydrogen) atoms. The van der Waals surface area contributed by atoms with Gasteiger partial charge in [0.1, 0.15) is 0 Å². The summed E-state index contributed by atoms with van der Waals surface area (Å²) < 4.78 is 0. The van der Waals surface area contributed by atoms with E-state index < -0.39 is 0 Å². The molecule has 3 heteroatoms. The maximum atomic E-state index is 2.38. The molecule has 0 spiro atoms. The normalized spacial score (nSPS) is 13.4. The van der Waals surface area contributed by atoms with Gasteiger partial charge in [-0.25, -0.2) is 0 Å². The SMILES string of the molecule is C1=C(c2ccccc2)SC(c2ccc(N(c3ccccc3)c3ccc(-c4ccc(N(c5ccc(-c6ccccc6)cc5)c5ccc(-c6ccccc6)cc5)cc4)cc3)cc2)C1. The van der Waals surface area contributed by atoms with E-state index in [1.807, 2.05) is 11.8 Å². The highest BCUT2D eigenvalue weighted by molar-refractivity contribution is 8.08. The number of allylic oxidation sites excluding steroid dienone is 1. The Labute approximate surface area is 363 Å². The standard InChI is InChI=1S/C58H44N2S/c1-5-13-43(14-6-1)45-21-31-53(32-22-45)60(54-33-23-46(24-34-54)44-15-7-2-8-16-44)55-37-27-48(28-38-55)47-25-35-52(36-26-47)59(51-19-11-4-12-20-51)56-39-29-50(30-40-56)58-42-41-57(61-58)49-17-9-3-10-18-49/h1-41,58H,42H2. The third kappa shape index (κ3) is 8.30. The first-order valence-electron chi connectivity index (χ1n) is 20.9. The summed E-state index contributed by atoms with van der Waals surface area (Å²) in [5, 5.41) is 0.424. The zero-order valence-corrected chi connectivity index (χ0v) is 34.6. The van der Waals surface area contributed by atoms with Gasteiger partial charge in [0.05, 0.1) is 0 Å². The number of nitrogens with zero attached hydrogens (tertiary/aromatic N) is 2. The van der Waals surface area contributed by atoms with Crippen molar-refractivity contribution in [3.63, 3.8) is 0 Å². The van der Waals surface area contributed by atoms with E-state index in [9.17, 15) is 0 Å². The highest BCUT2D eigenvalue weighted by atomic mass is 32.2. The summed E-state index contributed by atoms with van der Waals surface area (Å²) in [6, 6.07) is 87.3. The number of hydrogen-bond acceptors (Lipinski definition) is 3. The van der Waals surface area contributed by atoms with Crippen molar-refractivity contribution >= 4 is 50.8 Å². The van der Waals surface area contributed by atoms with Crippen molar-refractivity contribution < 1.29 is 0 Å². The molecular formula is C58H44N2S. The van der Waals surface area contributed by atoms with Crippen LogP contribution < -0.4 is 9.80 Å². The lowest BCUT2D eigenvalue weighted by Gasteiger charge is -2.27. The zero-order chi connectivity index (χ0) is 40.8. The van der Waals surface area contributed by atoms with E-state index in [-0.39, 0.29) is 0 Å². The Kier molecular flexibility index (Phi) is 10.9. The average molecular weight is 801 g/mol. The van der Waals surface area contributed by atoms with Crippen molar-refractivity contribution in [1.82, 2.24) is 0 Å². The van der Waals surface area contributed by atoms with Crippen LogP contribution in [0.5, 0.6) is 0 Å². The van der Waals surface area contributed by atoms with Gasteiger partial charge in [-0.1, -0.05) is 176 Å². The Morgan fingerprint density at radius 3 is 0.918 bits per heavy atom. The molecule has 1 aliphatic rings. The van der Waals surface area contributed by atoms with Crippen LogP contribution in [0, 0.1) is 0 Å². The number of thioether (sulfide) groups is 1. The van der Waals surface area contributed by atoms with E-state index in [2.05, 4.69) is 259 Å². The van der Waals surface area contributed by atoms with E-state index >= 15 is 0 Å². The summed E-state index contributed by atoms with van der Waals surface area (Å²) in [6.07, 6.45) is 3.43. The number of benzene rings is 9. The van der Waals surface area contributed by atoms with Crippen LogP contribution in [0.3, 0.4) is 0 Å². The predicted molar refractivity (Wildman–Crippen MR) is 261 cm³/mol. The lowest BCUT2D eigenvalue weighted by molar-refractivity contribution is 0.990. The quantitative estimate of drug-likeness (QED) is 0.129. The lowest BCUT2D eigenvalue weighted by atomic mass is 10.0. The van der Waals surface area contributed by atoms with Crippen LogP contribution >= 0.6 is 11.8 Å². The highest BCUT2D eigenvalue weighted by Gasteiger charge is 2.22. The fourth-order valence-electron chi connectivity index (χ4n) is 8.24. The summed E-state index contributed by atoms with van der Waals surface area (Å²) >= 11 is 1.97. The predicted octanol–water partition coefficient (Wildman–Crippen LogP) is 16.8. The molecule has 1 atom stereocenters. The molecule has 0 fully saturated rings. The molecule has 0 saturated heterocycles. The zero-order valence-electron chi connectivity index (χ0n) is 33.8. The topological polar surface area (TPSA) is 6.48 Å². The Balaban J connectivity index is 0.913. The summed E-state index contributed by atoms with van der Waals surface area (Å²) in [5.74, 6) is 0. The van der Waals surface area contributed by atoms with Gasteiger partial charge >= 0.3 is 0 Å². The summed E-state index contributed by atoms with van der Waals surface area (Å²) in [4.78, 5) is 6.05. The molecule has 2 nitrogen and oxygen atoms in total. The molecule has 0 aliphatic carbocycles. The van der Waals surface area contributed by atoms with Crippen molar-refractivity contribution in [2.45, 2.75) is 11.7 Å². The number of para-hydroxylation sites is 1. The van der Waals surface area contributed by atoms with E-state index in [0.29, 0.717) is 5.25 Å². The second kappa shape index (κ2) is 17.5. The molecule has 10 rings (SSSR count). The molecule has 0 saturated carbocycles. The van der Waals surface area contributed by atoms with Crippen molar-refractivity contribution in [2.24, 2.45) is 0 Å². The van der Waals surface area contributed by atoms with Crippen molar-refractivity contribution in [2.75, 3.05) is 9.80 Å². The molecule has 1 aliphatic heterocycles. The largest absolute Gasteiger partial charge is 0.311 e. The fourth-order valence-corrected chi connectivity index (χ4v) is 9.50. The van der Waals surface area contributed by atoms with Gasteiger partial charge in [-0.3, -0.25) is 0 Å². The van der Waals surface area contributed by atoms with Crippen molar-refractivity contribution in [1.29, 1.82) is 0 Å². The van der Waals surface area contributed by atoms with Gasteiger partial charge in [-0.15, -0.1) is 11.8 Å². The second-order valence-corrected chi connectivity index (χ2v) is 16.5. The summed E-state index contributed by atoms with van der Waals surface area (Å²) in [5.41, 5.74) is 16.5. The van der Waals surface area contributed by atoms with Crippen LogP contribution in [-0.2, 0) is 0 Å². The molecular weight excluding hydrogens is 757 g/mol. The molecule has 9 aromatic rings.